The molecule has 0 bridgehead atoms. The second kappa shape index (κ2) is 5.33. The molecule has 1 heteroatoms. The number of benzene rings is 4. The van der Waals surface area contributed by atoms with Crippen molar-refractivity contribution in [3.8, 4) is 0 Å². The molecular weight excluding hydrogens is 340 g/mol. The van der Waals surface area contributed by atoms with Crippen LogP contribution in [0.5, 0.6) is 0 Å². The Morgan fingerprint density at radius 1 is 0.519 bits per heavy atom. The monoisotopic (exact) mass is 364 g/mol. The fraction of sp³-hybridized carbons (Fsp3) is 0.231. The highest BCUT2D eigenvalue weighted by molar-refractivity contribution is 7.03. The number of hydrogen-bond donors (Lipinski definition) is 0. The predicted octanol–water partition coefficient (Wildman–Crippen LogP) is 5.01. The standard InChI is InChI=1S/C26H24Si/c1-27(2,23-15-13-19-11-9-17-5-3-7-21(23)25(17)19)24-16-14-20-12-10-18-6-4-8-22(24)26(18)20/h3-8,13-16H,9-12H2,1-2H3. The quantitative estimate of drug-likeness (QED) is 0.439. The first-order chi connectivity index (χ1) is 13.1. The molecule has 0 spiro atoms. The molecule has 0 radical (unpaired) electrons. The van der Waals surface area contributed by atoms with Crippen LogP contribution in [0.1, 0.15) is 22.3 Å². The van der Waals surface area contributed by atoms with Crippen molar-refractivity contribution in [2.24, 2.45) is 0 Å². The topological polar surface area (TPSA) is 0 Å². The molecule has 4 aromatic carbocycles. The number of aryl methyl sites for hydroxylation is 4. The van der Waals surface area contributed by atoms with E-state index in [1.54, 1.807) is 43.4 Å². The molecule has 0 atom stereocenters. The Morgan fingerprint density at radius 2 is 0.926 bits per heavy atom. The molecule has 2 aliphatic carbocycles. The van der Waals surface area contributed by atoms with Gasteiger partial charge in [-0.05, 0) is 79.9 Å². The molecule has 0 saturated heterocycles. The summed E-state index contributed by atoms with van der Waals surface area (Å²) in [5.74, 6) is 0. The minimum atomic E-state index is -1.82. The zero-order valence-electron chi connectivity index (χ0n) is 16.1. The zero-order valence-corrected chi connectivity index (χ0v) is 17.1. The molecule has 4 aromatic rings. The van der Waals surface area contributed by atoms with Gasteiger partial charge in [0.05, 0.1) is 0 Å². The molecule has 0 unspecified atom stereocenters. The van der Waals surface area contributed by atoms with Crippen LogP contribution in [-0.2, 0) is 25.7 Å². The second-order valence-corrected chi connectivity index (χ2v) is 13.2. The third-order valence-corrected chi connectivity index (χ3v) is 10.7. The molecule has 0 saturated carbocycles. The van der Waals surface area contributed by atoms with Gasteiger partial charge in [-0.15, -0.1) is 0 Å². The highest BCUT2D eigenvalue weighted by atomic mass is 28.3. The first-order valence-electron chi connectivity index (χ1n) is 10.2. The van der Waals surface area contributed by atoms with Gasteiger partial charge in [0.2, 0.25) is 0 Å². The van der Waals surface area contributed by atoms with Crippen molar-refractivity contribution >= 4 is 40.0 Å². The van der Waals surface area contributed by atoms with E-state index in [-0.39, 0.29) is 0 Å². The molecule has 0 heterocycles. The van der Waals surface area contributed by atoms with Gasteiger partial charge >= 0.3 is 0 Å². The van der Waals surface area contributed by atoms with E-state index in [2.05, 4.69) is 73.8 Å². The van der Waals surface area contributed by atoms with Gasteiger partial charge in [0.15, 0.2) is 0 Å². The SMILES string of the molecule is C[Si](C)(c1ccc2c3c(cccc13)CC2)c1ccc2c3c(cccc13)CC2. The lowest BCUT2D eigenvalue weighted by atomic mass is 10.0. The summed E-state index contributed by atoms with van der Waals surface area (Å²) in [4.78, 5) is 0. The van der Waals surface area contributed by atoms with Crippen molar-refractivity contribution in [2.45, 2.75) is 38.8 Å². The molecule has 6 rings (SSSR count). The summed E-state index contributed by atoms with van der Waals surface area (Å²) in [6.07, 6.45) is 4.83. The van der Waals surface area contributed by atoms with Crippen molar-refractivity contribution < 1.29 is 0 Å². The number of hydrogen-bond acceptors (Lipinski definition) is 0. The van der Waals surface area contributed by atoms with Gasteiger partial charge in [-0.3, -0.25) is 0 Å². The molecule has 0 N–H and O–H groups in total. The summed E-state index contributed by atoms with van der Waals surface area (Å²) in [6, 6.07) is 23.7. The van der Waals surface area contributed by atoms with E-state index in [4.69, 9.17) is 0 Å². The lowest BCUT2D eigenvalue weighted by Crippen LogP contribution is -2.53. The van der Waals surface area contributed by atoms with Gasteiger partial charge in [-0.2, -0.15) is 0 Å². The van der Waals surface area contributed by atoms with Gasteiger partial charge in [0.1, 0.15) is 8.07 Å². The Hall–Kier alpha value is -2.38. The Balaban J connectivity index is 1.66. The first kappa shape index (κ1) is 15.7. The largest absolute Gasteiger partial charge is 0.113 e. The molecule has 27 heavy (non-hydrogen) atoms. The third kappa shape index (κ3) is 2.04. The van der Waals surface area contributed by atoms with E-state index in [9.17, 15) is 0 Å². The maximum atomic E-state index is 2.55. The van der Waals surface area contributed by atoms with E-state index >= 15 is 0 Å². The fourth-order valence-electron chi connectivity index (χ4n) is 5.73. The van der Waals surface area contributed by atoms with Crippen LogP contribution in [0.3, 0.4) is 0 Å². The summed E-state index contributed by atoms with van der Waals surface area (Å²) in [7, 11) is -1.82. The maximum Gasteiger partial charge on any atom is 0.113 e. The minimum Gasteiger partial charge on any atom is -0.0617 e. The Kier molecular flexibility index (Phi) is 3.09. The van der Waals surface area contributed by atoms with Gasteiger partial charge in [0, 0.05) is 0 Å². The van der Waals surface area contributed by atoms with Crippen LogP contribution in [0.15, 0.2) is 60.7 Å². The van der Waals surface area contributed by atoms with Gasteiger partial charge in [0.25, 0.3) is 0 Å². The van der Waals surface area contributed by atoms with Crippen molar-refractivity contribution in [3.05, 3.63) is 82.9 Å². The summed E-state index contributed by atoms with van der Waals surface area (Å²) in [5, 5.41) is 9.35. The van der Waals surface area contributed by atoms with E-state index < -0.39 is 8.07 Å². The molecule has 0 aliphatic heterocycles. The summed E-state index contributed by atoms with van der Waals surface area (Å²) in [6.45, 7) is 5.09. The van der Waals surface area contributed by atoms with E-state index in [0.717, 1.165) is 0 Å². The normalized spacial score (nSPS) is 15.2. The Labute approximate surface area is 161 Å². The highest BCUT2D eigenvalue weighted by Gasteiger charge is 2.32. The molecule has 132 valence electrons. The van der Waals surface area contributed by atoms with Crippen LogP contribution in [0, 0.1) is 0 Å². The van der Waals surface area contributed by atoms with Gasteiger partial charge in [-0.1, -0.05) is 73.8 Å². The summed E-state index contributed by atoms with van der Waals surface area (Å²) < 4.78 is 0. The lowest BCUT2D eigenvalue weighted by molar-refractivity contribution is 1.02. The predicted molar refractivity (Wildman–Crippen MR) is 119 cm³/mol. The Morgan fingerprint density at radius 3 is 1.37 bits per heavy atom. The van der Waals surface area contributed by atoms with Crippen LogP contribution < -0.4 is 10.4 Å². The van der Waals surface area contributed by atoms with E-state index in [0.29, 0.717) is 0 Å². The second-order valence-electron chi connectivity index (χ2n) is 8.85. The average molecular weight is 365 g/mol. The molecule has 0 fully saturated rings. The van der Waals surface area contributed by atoms with Crippen molar-refractivity contribution in [1.82, 2.24) is 0 Å². The van der Waals surface area contributed by atoms with Gasteiger partial charge in [-0.25, -0.2) is 0 Å². The summed E-state index contributed by atoms with van der Waals surface area (Å²) >= 11 is 0. The zero-order chi connectivity index (χ0) is 18.2. The van der Waals surface area contributed by atoms with E-state index in [1.807, 2.05) is 0 Å². The van der Waals surface area contributed by atoms with Crippen LogP contribution in [0.2, 0.25) is 13.1 Å². The lowest BCUT2D eigenvalue weighted by Gasteiger charge is -2.28. The van der Waals surface area contributed by atoms with Crippen LogP contribution >= 0.6 is 0 Å². The Bertz CT molecular complexity index is 1130. The van der Waals surface area contributed by atoms with Crippen LogP contribution in [-0.4, -0.2) is 8.07 Å². The van der Waals surface area contributed by atoms with Crippen molar-refractivity contribution in [1.29, 1.82) is 0 Å². The highest BCUT2D eigenvalue weighted by Crippen LogP contribution is 2.33. The molecule has 0 aromatic heterocycles. The molecule has 0 nitrogen and oxygen atoms in total. The molecule has 0 amide bonds. The fourth-order valence-corrected chi connectivity index (χ4v) is 8.78. The van der Waals surface area contributed by atoms with Crippen molar-refractivity contribution in [3.63, 3.8) is 0 Å². The maximum absolute atomic E-state index is 2.55. The summed E-state index contributed by atoms with van der Waals surface area (Å²) in [5.41, 5.74) is 6.20. The third-order valence-electron chi connectivity index (χ3n) is 7.10. The average Bonchev–Trinajstić information content (AvgIpc) is 3.29. The molecule has 2 aliphatic rings. The van der Waals surface area contributed by atoms with Crippen LogP contribution in [0.4, 0.5) is 0 Å². The first-order valence-corrected chi connectivity index (χ1v) is 13.2. The van der Waals surface area contributed by atoms with E-state index in [1.165, 1.54) is 36.5 Å². The number of rotatable bonds is 2. The smallest absolute Gasteiger partial charge is 0.0617 e. The molecular formula is C26H24Si. The van der Waals surface area contributed by atoms with Crippen LogP contribution in [0.25, 0.3) is 21.5 Å². The van der Waals surface area contributed by atoms with Gasteiger partial charge < -0.3 is 0 Å². The van der Waals surface area contributed by atoms with Crippen molar-refractivity contribution in [2.75, 3.05) is 0 Å². The minimum absolute atomic E-state index is 1.21.